The third-order valence-electron chi connectivity index (χ3n) is 5.57. The first-order chi connectivity index (χ1) is 15.4. The predicted molar refractivity (Wildman–Crippen MR) is 123 cm³/mol. The quantitative estimate of drug-likeness (QED) is 0.435. The second kappa shape index (κ2) is 7.97. The van der Waals surface area contributed by atoms with Gasteiger partial charge < -0.3 is 19.8 Å². The van der Waals surface area contributed by atoms with Gasteiger partial charge in [0.2, 0.25) is 0 Å². The molecule has 0 atom stereocenters. The SMILES string of the molecule is CCc1ccc(Oc2nc3ccc(Cl)cc3[n+]([O-])n2)cc1C1=C(O)C(C)(C)OC(C)(C)C1=O. The Balaban J connectivity index is 1.81. The summed E-state index contributed by atoms with van der Waals surface area (Å²) < 4.78 is 11.6. The van der Waals surface area contributed by atoms with E-state index in [4.69, 9.17) is 21.1 Å². The minimum atomic E-state index is -1.12. The molecule has 172 valence electrons. The Morgan fingerprint density at radius 1 is 1.15 bits per heavy atom. The summed E-state index contributed by atoms with van der Waals surface area (Å²) in [4.78, 5) is 17.9. The second-order valence-electron chi connectivity index (χ2n) is 8.85. The second-order valence-corrected chi connectivity index (χ2v) is 9.29. The van der Waals surface area contributed by atoms with Gasteiger partial charge in [0.15, 0.2) is 5.78 Å². The molecule has 0 spiro atoms. The highest BCUT2D eigenvalue weighted by Crippen LogP contribution is 2.41. The van der Waals surface area contributed by atoms with Crippen molar-refractivity contribution in [3.63, 3.8) is 0 Å². The number of carbonyl (C=O) groups is 1. The molecule has 0 saturated heterocycles. The first-order valence-corrected chi connectivity index (χ1v) is 10.9. The zero-order chi connectivity index (χ0) is 24.1. The van der Waals surface area contributed by atoms with Gasteiger partial charge in [0.05, 0.1) is 10.7 Å². The fraction of sp³-hybridized carbons (Fsp3) is 0.333. The first kappa shape index (κ1) is 22.9. The van der Waals surface area contributed by atoms with Crippen molar-refractivity contribution >= 4 is 34.0 Å². The Labute approximate surface area is 196 Å². The van der Waals surface area contributed by atoms with Crippen LogP contribution in [0.2, 0.25) is 5.02 Å². The van der Waals surface area contributed by atoms with E-state index < -0.39 is 11.2 Å². The molecular weight excluding hydrogens is 446 g/mol. The molecule has 1 aliphatic rings. The van der Waals surface area contributed by atoms with E-state index in [1.807, 2.05) is 6.92 Å². The molecule has 8 nitrogen and oxygen atoms in total. The van der Waals surface area contributed by atoms with Crippen molar-refractivity contribution < 1.29 is 24.2 Å². The van der Waals surface area contributed by atoms with Gasteiger partial charge in [-0.1, -0.05) is 24.6 Å². The molecular formula is C24H24ClN3O5. The number of aliphatic hydroxyl groups is 1. The number of aryl methyl sites for hydroxylation is 1. The maximum Gasteiger partial charge on any atom is 0.386 e. The monoisotopic (exact) mass is 469 g/mol. The lowest BCUT2D eigenvalue weighted by molar-refractivity contribution is -0.643. The van der Waals surface area contributed by atoms with Crippen LogP contribution in [0.5, 0.6) is 11.8 Å². The van der Waals surface area contributed by atoms with Gasteiger partial charge in [-0.3, -0.25) is 4.79 Å². The first-order valence-electron chi connectivity index (χ1n) is 10.5. The van der Waals surface area contributed by atoms with E-state index in [2.05, 4.69) is 10.1 Å². The molecule has 4 rings (SSSR count). The highest BCUT2D eigenvalue weighted by atomic mass is 35.5. The third kappa shape index (κ3) is 4.12. The summed E-state index contributed by atoms with van der Waals surface area (Å²) >= 11 is 5.94. The lowest BCUT2D eigenvalue weighted by Gasteiger charge is -2.40. The van der Waals surface area contributed by atoms with E-state index in [0.717, 1.165) is 5.56 Å². The van der Waals surface area contributed by atoms with Crippen molar-refractivity contribution in [3.05, 3.63) is 63.5 Å². The normalized spacial score (nSPS) is 17.5. The number of Topliss-reactive ketones (excluding diaryl/α,β-unsaturated/α-hetero) is 1. The molecule has 2 heterocycles. The smallest absolute Gasteiger partial charge is 0.386 e. The number of nitrogens with zero attached hydrogens (tertiary/aromatic N) is 3. The van der Waals surface area contributed by atoms with Crippen LogP contribution in [0.15, 0.2) is 42.2 Å². The van der Waals surface area contributed by atoms with E-state index >= 15 is 0 Å². The molecule has 9 heteroatoms. The molecule has 0 amide bonds. The Morgan fingerprint density at radius 3 is 2.58 bits per heavy atom. The summed E-state index contributed by atoms with van der Waals surface area (Å²) in [6, 6.07) is 9.67. The fourth-order valence-corrected chi connectivity index (χ4v) is 4.17. The van der Waals surface area contributed by atoms with Gasteiger partial charge >= 0.3 is 6.01 Å². The van der Waals surface area contributed by atoms with Crippen LogP contribution in [0.4, 0.5) is 0 Å². The van der Waals surface area contributed by atoms with Crippen LogP contribution in [0, 0.1) is 5.21 Å². The lowest BCUT2D eigenvalue weighted by Crippen LogP contribution is -2.49. The van der Waals surface area contributed by atoms with Crippen molar-refractivity contribution in [3.8, 4) is 11.8 Å². The molecule has 1 aromatic heterocycles. The summed E-state index contributed by atoms with van der Waals surface area (Å²) in [5, 5.41) is 27.5. The summed E-state index contributed by atoms with van der Waals surface area (Å²) in [6.07, 6.45) is 0.620. The number of rotatable bonds is 4. The number of ketones is 1. The largest absolute Gasteiger partial charge is 0.594 e. The summed E-state index contributed by atoms with van der Waals surface area (Å²) in [6.45, 7) is 8.74. The Hall–Kier alpha value is -3.23. The number of ether oxygens (including phenoxy) is 2. The van der Waals surface area contributed by atoms with Gasteiger partial charge in [-0.15, -0.1) is 0 Å². The Morgan fingerprint density at radius 2 is 1.88 bits per heavy atom. The van der Waals surface area contributed by atoms with Crippen molar-refractivity contribution in [2.24, 2.45) is 0 Å². The van der Waals surface area contributed by atoms with Gasteiger partial charge in [-0.2, -0.15) is 4.98 Å². The highest BCUT2D eigenvalue weighted by molar-refractivity contribution is 6.31. The predicted octanol–water partition coefficient (Wildman–Crippen LogP) is 4.70. The molecule has 2 aromatic carbocycles. The molecule has 0 unspecified atom stereocenters. The van der Waals surface area contributed by atoms with E-state index in [9.17, 15) is 15.1 Å². The number of hydrogen-bond acceptors (Lipinski definition) is 7. The van der Waals surface area contributed by atoms with Crippen molar-refractivity contribution in [2.45, 2.75) is 52.2 Å². The third-order valence-corrected chi connectivity index (χ3v) is 5.80. The maximum atomic E-state index is 13.2. The fourth-order valence-electron chi connectivity index (χ4n) is 4.00. The summed E-state index contributed by atoms with van der Waals surface area (Å²) in [5.74, 6) is -0.164. The van der Waals surface area contributed by atoms with E-state index in [1.54, 1.807) is 58.0 Å². The molecule has 1 N–H and O–H groups in total. The lowest BCUT2D eigenvalue weighted by atomic mass is 9.81. The van der Waals surface area contributed by atoms with Crippen LogP contribution in [0.25, 0.3) is 16.6 Å². The summed E-state index contributed by atoms with van der Waals surface area (Å²) in [7, 11) is 0. The number of hydrogen-bond donors (Lipinski definition) is 1. The van der Waals surface area contributed by atoms with Gasteiger partial charge in [0.25, 0.3) is 5.52 Å². The van der Waals surface area contributed by atoms with E-state index in [0.29, 0.717) is 33.1 Å². The standard InChI is InChI=1S/C24H24ClN3O5/c1-6-13-7-9-15(32-22-26-17-10-8-14(25)11-18(17)28(31)27-22)12-16(13)19-20(29)23(2,3)33-24(4,5)21(19)30/h7-12,29H,6H2,1-5H3. The average Bonchev–Trinajstić information content (AvgIpc) is 2.73. The molecule has 3 aromatic rings. The number of aliphatic hydroxyl groups excluding tert-OH is 1. The minimum Gasteiger partial charge on any atom is -0.594 e. The van der Waals surface area contributed by atoms with E-state index in [1.165, 1.54) is 6.07 Å². The number of halogens is 1. The Bertz CT molecular complexity index is 1320. The summed E-state index contributed by atoms with van der Waals surface area (Å²) in [5.41, 5.74) is -0.0258. The molecule has 33 heavy (non-hydrogen) atoms. The van der Waals surface area contributed by atoms with Crippen LogP contribution in [-0.4, -0.2) is 32.2 Å². The molecule has 0 radical (unpaired) electrons. The van der Waals surface area contributed by atoms with Crippen LogP contribution < -0.4 is 9.58 Å². The van der Waals surface area contributed by atoms with Crippen molar-refractivity contribution in [1.29, 1.82) is 0 Å². The van der Waals surface area contributed by atoms with Crippen LogP contribution in [-0.2, 0) is 16.0 Å². The van der Waals surface area contributed by atoms with Gasteiger partial charge in [-0.05, 0) is 74.4 Å². The highest BCUT2D eigenvalue weighted by Gasteiger charge is 2.47. The van der Waals surface area contributed by atoms with Crippen molar-refractivity contribution in [1.82, 2.24) is 10.1 Å². The maximum absolute atomic E-state index is 13.2. The van der Waals surface area contributed by atoms with Gasteiger partial charge in [-0.25, -0.2) is 0 Å². The minimum absolute atomic E-state index is 0.144. The molecule has 1 aliphatic heterocycles. The van der Waals surface area contributed by atoms with Gasteiger partial charge in [0.1, 0.15) is 28.2 Å². The number of fused-ring (bicyclic) bond motifs is 1. The molecule has 0 fully saturated rings. The van der Waals surface area contributed by atoms with Crippen molar-refractivity contribution in [2.75, 3.05) is 0 Å². The number of benzene rings is 2. The Kier molecular flexibility index (Phi) is 5.54. The zero-order valence-corrected chi connectivity index (χ0v) is 19.7. The number of carbonyl (C=O) groups excluding carboxylic acids is 1. The number of aromatic nitrogens is 3. The molecule has 0 aliphatic carbocycles. The average molecular weight is 470 g/mol. The van der Waals surface area contributed by atoms with Gasteiger partial charge in [0, 0.05) is 11.1 Å². The van der Waals surface area contributed by atoms with E-state index in [-0.39, 0.29) is 28.6 Å². The molecule has 0 bridgehead atoms. The van der Waals surface area contributed by atoms with Crippen LogP contribution in [0.1, 0.15) is 45.7 Å². The van der Waals surface area contributed by atoms with Crippen LogP contribution in [0.3, 0.4) is 0 Å². The zero-order valence-electron chi connectivity index (χ0n) is 19.0. The topological polar surface area (TPSA) is 108 Å². The molecule has 0 saturated carbocycles. The van der Waals surface area contributed by atoms with Crippen LogP contribution >= 0.6 is 11.6 Å².